The maximum atomic E-state index is 14.7. The third kappa shape index (κ3) is 6.19. The topological polar surface area (TPSA) is 109 Å². The molecule has 2 saturated carbocycles. The molecule has 2 fully saturated rings. The Morgan fingerprint density at radius 1 is 1.12 bits per heavy atom. The van der Waals surface area contributed by atoms with Gasteiger partial charge in [-0.15, -0.1) is 0 Å². The van der Waals surface area contributed by atoms with Crippen LogP contribution in [-0.2, 0) is 28.7 Å². The lowest BCUT2D eigenvalue weighted by Crippen LogP contribution is -2.48. The van der Waals surface area contributed by atoms with E-state index in [0.717, 1.165) is 35.2 Å². The number of carbonyl (C=O) groups excluding carboxylic acids is 2. The molecule has 10 heteroatoms. The summed E-state index contributed by atoms with van der Waals surface area (Å²) >= 11 is 6.59. The van der Waals surface area contributed by atoms with Gasteiger partial charge in [0.25, 0.3) is 5.91 Å². The van der Waals surface area contributed by atoms with Crippen LogP contribution in [0.5, 0.6) is 0 Å². The van der Waals surface area contributed by atoms with Crippen molar-refractivity contribution >= 4 is 29.1 Å². The van der Waals surface area contributed by atoms with Crippen LogP contribution < -0.4 is 10.6 Å². The summed E-state index contributed by atoms with van der Waals surface area (Å²) in [6.07, 6.45) is 7.38. The van der Waals surface area contributed by atoms with E-state index in [0.29, 0.717) is 22.0 Å². The van der Waals surface area contributed by atoms with E-state index in [1.807, 2.05) is 48.0 Å². The average molecular weight is 602 g/mol. The van der Waals surface area contributed by atoms with Crippen LogP contribution in [0.1, 0.15) is 43.9 Å². The van der Waals surface area contributed by atoms with Gasteiger partial charge in [0.2, 0.25) is 5.91 Å². The van der Waals surface area contributed by atoms with Gasteiger partial charge in [0, 0.05) is 30.4 Å². The zero-order valence-electron chi connectivity index (χ0n) is 24.0. The summed E-state index contributed by atoms with van der Waals surface area (Å²) in [5.74, 6) is -1.10. The number of aromatic nitrogens is 3. The van der Waals surface area contributed by atoms with Crippen LogP contribution in [0, 0.1) is 5.92 Å². The molecule has 6 rings (SSSR count). The van der Waals surface area contributed by atoms with Gasteiger partial charge in [-0.1, -0.05) is 29.8 Å². The minimum Gasteiger partial charge on any atom is -0.384 e. The molecule has 0 aliphatic heterocycles. The first kappa shape index (κ1) is 29.0. The van der Waals surface area contributed by atoms with Crippen molar-refractivity contribution in [3.63, 3.8) is 0 Å². The normalized spacial score (nSPS) is 17.5. The molecule has 2 aliphatic rings. The van der Waals surface area contributed by atoms with Crippen molar-refractivity contribution in [3.05, 3.63) is 89.6 Å². The Balaban J connectivity index is 1.24. The van der Waals surface area contributed by atoms with E-state index < -0.39 is 29.1 Å². The fourth-order valence-electron chi connectivity index (χ4n) is 5.29. The number of nitrogens with one attached hydrogen (secondary N) is 2. The van der Waals surface area contributed by atoms with Crippen LogP contribution in [0.15, 0.2) is 73.3 Å². The number of hydrogen-bond acceptors (Lipinski definition) is 5. The molecule has 2 unspecified atom stereocenters. The summed E-state index contributed by atoms with van der Waals surface area (Å²) in [6.45, 7) is 1.79. The molecule has 0 saturated heterocycles. The van der Waals surface area contributed by atoms with E-state index in [2.05, 4.69) is 20.6 Å². The van der Waals surface area contributed by atoms with Crippen LogP contribution in [-0.4, -0.2) is 43.2 Å². The average Bonchev–Trinajstić information content (AvgIpc) is 3.93. The first-order valence-corrected chi connectivity index (χ1v) is 14.8. The summed E-state index contributed by atoms with van der Waals surface area (Å²) < 4.78 is 16.5. The molecule has 8 nitrogen and oxygen atoms in total. The molecule has 3 N–H and O–H groups in total. The van der Waals surface area contributed by atoms with Crippen LogP contribution in [0.25, 0.3) is 22.4 Å². The second-order valence-electron chi connectivity index (χ2n) is 11.8. The van der Waals surface area contributed by atoms with Gasteiger partial charge in [0.15, 0.2) is 5.67 Å². The highest BCUT2D eigenvalue weighted by atomic mass is 35.5. The largest absolute Gasteiger partial charge is 0.384 e. The van der Waals surface area contributed by atoms with Gasteiger partial charge in [-0.3, -0.25) is 14.6 Å². The smallest absolute Gasteiger partial charge is 0.258 e. The van der Waals surface area contributed by atoms with Crippen molar-refractivity contribution < 1.29 is 19.1 Å². The van der Waals surface area contributed by atoms with E-state index in [1.54, 1.807) is 43.8 Å². The number of imidazole rings is 1. The fraction of sp³-hybridized carbons (Fsp3) is 0.333. The van der Waals surface area contributed by atoms with E-state index >= 15 is 0 Å². The van der Waals surface area contributed by atoms with Gasteiger partial charge in [-0.25, -0.2) is 9.37 Å². The number of rotatable bonds is 10. The molecule has 2 aliphatic carbocycles. The standard InChI is InChI=1S/C33H33ClFN5O3/c1-32(43,24-6-7-24)29-17-22(11-14-37-29)21-5-10-26(34)23(15-21)16-27(39-31(42)33(35)12-13-33)30(41)38-25-8-3-20(4-9-25)28-18-36-19-40(28)2/h3-5,8-11,14-15,17-19,24,27,43H,6-7,12-13,16H2,1-2H3,(H,38,41)(H,39,42). The third-order valence-corrected chi connectivity index (χ3v) is 8.81. The maximum absolute atomic E-state index is 14.7. The quantitative estimate of drug-likeness (QED) is 0.220. The predicted octanol–water partition coefficient (Wildman–Crippen LogP) is 5.59. The minimum absolute atomic E-state index is 0.0468. The van der Waals surface area contributed by atoms with Gasteiger partial charge in [0.1, 0.15) is 11.6 Å². The lowest BCUT2D eigenvalue weighted by Gasteiger charge is -2.23. The van der Waals surface area contributed by atoms with Gasteiger partial charge in [-0.05, 0) is 97.2 Å². The number of aryl methyl sites for hydroxylation is 1. The number of hydrogen-bond donors (Lipinski definition) is 3. The zero-order chi connectivity index (χ0) is 30.4. The number of nitrogens with zero attached hydrogens (tertiary/aromatic N) is 3. The van der Waals surface area contributed by atoms with Crippen molar-refractivity contribution in [3.8, 4) is 22.4 Å². The summed E-state index contributed by atoms with van der Waals surface area (Å²) in [7, 11) is 1.90. The molecule has 2 amide bonds. The molecular formula is C33H33ClFN5O3. The summed E-state index contributed by atoms with van der Waals surface area (Å²) in [6, 6.07) is 15.3. The van der Waals surface area contributed by atoms with Crippen LogP contribution in [0.3, 0.4) is 0 Å². The Kier molecular flexibility index (Phi) is 7.56. The van der Waals surface area contributed by atoms with Gasteiger partial charge >= 0.3 is 0 Å². The van der Waals surface area contributed by atoms with E-state index in [-0.39, 0.29) is 25.2 Å². The minimum atomic E-state index is -1.94. The van der Waals surface area contributed by atoms with E-state index in [9.17, 15) is 19.1 Å². The van der Waals surface area contributed by atoms with Gasteiger partial charge in [-0.2, -0.15) is 0 Å². The molecular weight excluding hydrogens is 569 g/mol. The Morgan fingerprint density at radius 3 is 2.47 bits per heavy atom. The molecule has 2 atom stereocenters. The Hall–Kier alpha value is -4.08. The van der Waals surface area contributed by atoms with Crippen molar-refractivity contribution in [2.24, 2.45) is 13.0 Å². The maximum Gasteiger partial charge on any atom is 0.258 e. The highest BCUT2D eigenvalue weighted by Gasteiger charge is 2.51. The van der Waals surface area contributed by atoms with Crippen molar-refractivity contribution in [2.45, 2.75) is 56.3 Å². The molecule has 0 radical (unpaired) electrons. The number of anilines is 1. The molecule has 2 aromatic heterocycles. The molecule has 0 spiro atoms. The fourth-order valence-corrected chi connectivity index (χ4v) is 5.49. The lowest BCUT2D eigenvalue weighted by molar-refractivity contribution is -0.131. The lowest BCUT2D eigenvalue weighted by atomic mass is 9.92. The highest BCUT2D eigenvalue weighted by Crippen LogP contribution is 2.45. The molecule has 0 bridgehead atoms. The highest BCUT2D eigenvalue weighted by molar-refractivity contribution is 6.31. The van der Waals surface area contributed by atoms with E-state index in [4.69, 9.17) is 11.6 Å². The van der Waals surface area contributed by atoms with Crippen molar-refractivity contribution in [2.75, 3.05) is 5.32 Å². The van der Waals surface area contributed by atoms with Gasteiger partial charge < -0.3 is 20.3 Å². The zero-order valence-corrected chi connectivity index (χ0v) is 24.7. The summed E-state index contributed by atoms with van der Waals surface area (Å²) in [5.41, 5.74) is 2.29. The number of benzene rings is 2. The Labute approximate surface area is 254 Å². The third-order valence-electron chi connectivity index (χ3n) is 8.44. The second kappa shape index (κ2) is 11.2. The van der Waals surface area contributed by atoms with E-state index in [1.165, 1.54) is 0 Å². The first-order valence-electron chi connectivity index (χ1n) is 14.4. The Morgan fingerprint density at radius 2 is 1.81 bits per heavy atom. The second-order valence-corrected chi connectivity index (χ2v) is 12.2. The van der Waals surface area contributed by atoms with Crippen molar-refractivity contribution in [1.29, 1.82) is 0 Å². The van der Waals surface area contributed by atoms with Crippen LogP contribution in [0.2, 0.25) is 5.02 Å². The number of aliphatic hydroxyl groups is 1. The summed E-state index contributed by atoms with van der Waals surface area (Å²) in [4.78, 5) is 34.8. The molecule has 222 valence electrons. The molecule has 43 heavy (non-hydrogen) atoms. The number of pyridine rings is 1. The monoisotopic (exact) mass is 601 g/mol. The Bertz CT molecular complexity index is 1680. The van der Waals surface area contributed by atoms with Crippen LogP contribution in [0.4, 0.5) is 10.1 Å². The van der Waals surface area contributed by atoms with Crippen molar-refractivity contribution in [1.82, 2.24) is 19.9 Å². The number of carbonyl (C=O) groups is 2. The number of amides is 2. The summed E-state index contributed by atoms with van der Waals surface area (Å²) in [5, 5.41) is 16.9. The van der Waals surface area contributed by atoms with Crippen LogP contribution >= 0.6 is 11.6 Å². The first-order chi connectivity index (χ1) is 20.5. The predicted molar refractivity (Wildman–Crippen MR) is 163 cm³/mol. The number of alkyl halides is 1. The molecule has 2 heterocycles. The molecule has 4 aromatic rings. The van der Waals surface area contributed by atoms with Gasteiger partial charge in [0.05, 0.1) is 23.9 Å². The number of halogens is 2. The molecule has 2 aromatic carbocycles. The SMILES string of the molecule is Cn1cncc1-c1ccc(NC(=O)C(Cc2cc(-c3ccnc(C(C)(O)C4CC4)c3)ccc2Cl)NC(=O)C2(F)CC2)cc1.